The molecule has 0 bridgehead atoms. The van der Waals surface area contributed by atoms with E-state index < -0.39 is 18.1 Å². The lowest BCUT2D eigenvalue weighted by molar-refractivity contribution is -0.151. The summed E-state index contributed by atoms with van der Waals surface area (Å²) < 4.78 is 4.41. The van der Waals surface area contributed by atoms with E-state index in [2.05, 4.69) is 4.74 Å². The molecule has 0 aliphatic heterocycles. The molecular weight excluding hydrogens is 194 g/mol. The number of aliphatic hydroxyl groups is 1. The summed E-state index contributed by atoms with van der Waals surface area (Å²) in [5.74, 6) is -0.719. The summed E-state index contributed by atoms with van der Waals surface area (Å²) >= 11 is 0. The van der Waals surface area contributed by atoms with Gasteiger partial charge in [0.1, 0.15) is 0 Å². The zero-order valence-corrected chi connectivity index (χ0v) is 8.81. The van der Waals surface area contributed by atoms with Crippen molar-refractivity contribution in [1.82, 2.24) is 0 Å². The van der Waals surface area contributed by atoms with Crippen molar-refractivity contribution in [3.05, 3.63) is 35.4 Å². The fraction of sp³-hybridized carbons (Fsp3) is 0.364. The molecule has 2 atom stereocenters. The average Bonchev–Trinajstić information content (AvgIpc) is 2.27. The smallest absolute Gasteiger partial charge is 0.336 e. The van der Waals surface area contributed by atoms with Crippen LogP contribution in [0.2, 0.25) is 0 Å². The highest BCUT2D eigenvalue weighted by atomic mass is 16.5. The van der Waals surface area contributed by atoms with Gasteiger partial charge in [0.05, 0.1) is 13.2 Å². The number of hydrogen-bond acceptors (Lipinski definition) is 4. The highest BCUT2D eigenvalue weighted by Crippen LogP contribution is 2.15. The second kappa shape index (κ2) is 4.91. The van der Waals surface area contributed by atoms with Crippen LogP contribution in [0.3, 0.4) is 0 Å². The molecular formula is C11H15NO3. The molecule has 0 aromatic heterocycles. The number of carbonyl (C=O) groups excluding carboxylic acids is 1. The first-order chi connectivity index (χ1) is 7.06. The van der Waals surface area contributed by atoms with E-state index in [1.54, 1.807) is 12.1 Å². The van der Waals surface area contributed by atoms with Crippen molar-refractivity contribution < 1.29 is 14.6 Å². The normalized spacial score (nSPS) is 14.4. The number of aryl methyl sites for hydroxylation is 1. The number of aliphatic hydroxyl groups excluding tert-OH is 1. The van der Waals surface area contributed by atoms with Crippen LogP contribution in [0.1, 0.15) is 17.2 Å². The molecule has 0 aliphatic rings. The summed E-state index contributed by atoms with van der Waals surface area (Å²) in [6.45, 7) is 1.95. The largest absolute Gasteiger partial charge is 0.467 e. The maximum Gasteiger partial charge on any atom is 0.336 e. The van der Waals surface area contributed by atoms with Crippen LogP contribution in [0.4, 0.5) is 0 Å². The zero-order valence-electron chi connectivity index (χ0n) is 8.81. The molecule has 0 unspecified atom stereocenters. The molecule has 82 valence electrons. The Hall–Kier alpha value is -1.39. The van der Waals surface area contributed by atoms with Crippen molar-refractivity contribution in [2.45, 2.75) is 19.1 Å². The molecule has 1 rings (SSSR count). The maximum atomic E-state index is 11.0. The van der Waals surface area contributed by atoms with Gasteiger partial charge in [-0.3, -0.25) is 0 Å². The topological polar surface area (TPSA) is 72.5 Å². The van der Waals surface area contributed by atoms with Crippen molar-refractivity contribution in [1.29, 1.82) is 0 Å². The highest BCUT2D eigenvalue weighted by Gasteiger charge is 2.24. The Morgan fingerprint density at radius 2 is 1.93 bits per heavy atom. The van der Waals surface area contributed by atoms with Crippen LogP contribution in [0.5, 0.6) is 0 Å². The van der Waals surface area contributed by atoms with Gasteiger partial charge in [0.2, 0.25) is 0 Å². The van der Waals surface area contributed by atoms with E-state index in [0.717, 1.165) is 5.56 Å². The number of rotatable bonds is 3. The Kier molecular flexibility index (Phi) is 3.82. The first-order valence-corrected chi connectivity index (χ1v) is 4.64. The summed E-state index contributed by atoms with van der Waals surface area (Å²) in [4.78, 5) is 11.0. The third-order valence-electron chi connectivity index (χ3n) is 2.25. The molecule has 15 heavy (non-hydrogen) atoms. The van der Waals surface area contributed by atoms with Crippen LogP contribution in [0.15, 0.2) is 24.3 Å². The Balaban J connectivity index is 2.80. The molecule has 0 saturated carbocycles. The Morgan fingerprint density at radius 3 is 2.40 bits per heavy atom. The molecule has 4 heteroatoms. The third kappa shape index (κ3) is 2.78. The molecule has 0 spiro atoms. The van der Waals surface area contributed by atoms with Crippen molar-refractivity contribution >= 4 is 5.97 Å². The van der Waals surface area contributed by atoms with Crippen LogP contribution >= 0.6 is 0 Å². The predicted octanol–water partition coefficient (Wildman–Crippen LogP) is 0.529. The minimum Gasteiger partial charge on any atom is -0.467 e. The van der Waals surface area contributed by atoms with Crippen LogP contribution in [0.25, 0.3) is 0 Å². The fourth-order valence-corrected chi connectivity index (χ4v) is 1.24. The number of nitrogens with two attached hydrogens (primary N) is 1. The Bertz CT molecular complexity index is 334. The molecule has 1 aromatic carbocycles. The molecule has 0 saturated heterocycles. The Labute approximate surface area is 88.7 Å². The molecule has 0 radical (unpaired) electrons. The van der Waals surface area contributed by atoms with Gasteiger partial charge in [-0.2, -0.15) is 0 Å². The quantitative estimate of drug-likeness (QED) is 0.712. The maximum absolute atomic E-state index is 11.0. The van der Waals surface area contributed by atoms with E-state index in [0.29, 0.717) is 5.56 Å². The number of hydrogen-bond donors (Lipinski definition) is 2. The van der Waals surface area contributed by atoms with Gasteiger partial charge in [-0.1, -0.05) is 29.8 Å². The SMILES string of the molecule is COC(=O)[C@H](O)[C@@H](N)c1ccc(C)cc1. The van der Waals surface area contributed by atoms with Gasteiger partial charge in [0.15, 0.2) is 6.10 Å². The van der Waals surface area contributed by atoms with Gasteiger partial charge in [0.25, 0.3) is 0 Å². The number of carbonyl (C=O) groups is 1. The minimum absolute atomic E-state index is 0.707. The summed E-state index contributed by atoms with van der Waals surface area (Å²) in [5.41, 5.74) is 7.52. The minimum atomic E-state index is -1.32. The Morgan fingerprint density at radius 1 is 1.40 bits per heavy atom. The van der Waals surface area contributed by atoms with E-state index in [9.17, 15) is 9.90 Å². The molecule has 0 fully saturated rings. The molecule has 0 amide bonds. The van der Waals surface area contributed by atoms with Crippen molar-refractivity contribution in [2.24, 2.45) is 5.73 Å². The summed E-state index contributed by atoms with van der Waals surface area (Å²) in [6, 6.07) is 6.56. The van der Waals surface area contributed by atoms with Crippen LogP contribution in [-0.4, -0.2) is 24.3 Å². The fourth-order valence-electron chi connectivity index (χ4n) is 1.24. The van der Waals surface area contributed by atoms with E-state index in [4.69, 9.17) is 5.73 Å². The molecule has 0 aliphatic carbocycles. The molecule has 4 nitrogen and oxygen atoms in total. The van der Waals surface area contributed by atoms with Gasteiger partial charge in [0, 0.05) is 0 Å². The first-order valence-electron chi connectivity index (χ1n) is 4.64. The number of ether oxygens (including phenoxy) is 1. The van der Waals surface area contributed by atoms with Crippen molar-refractivity contribution in [3.8, 4) is 0 Å². The van der Waals surface area contributed by atoms with Gasteiger partial charge in [-0.15, -0.1) is 0 Å². The predicted molar refractivity (Wildman–Crippen MR) is 56.1 cm³/mol. The zero-order chi connectivity index (χ0) is 11.4. The van der Waals surface area contributed by atoms with Crippen molar-refractivity contribution in [2.75, 3.05) is 7.11 Å². The summed E-state index contributed by atoms with van der Waals surface area (Å²) in [7, 11) is 1.22. The molecule has 0 heterocycles. The van der Waals surface area contributed by atoms with Gasteiger partial charge < -0.3 is 15.6 Å². The van der Waals surface area contributed by atoms with E-state index in [1.807, 2.05) is 19.1 Å². The van der Waals surface area contributed by atoms with Gasteiger partial charge >= 0.3 is 5.97 Å². The molecule has 3 N–H and O–H groups in total. The third-order valence-corrected chi connectivity index (χ3v) is 2.25. The first kappa shape index (κ1) is 11.7. The second-order valence-electron chi connectivity index (χ2n) is 3.40. The molecule has 1 aromatic rings. The lowest BCUT2D eigenvalue weighted by Crippen LogP contribution is -2.34. The average molecular weight is 209 g/mol. The lowest BCUT2D eigenvalue weighted by atomic mass is 10.0. The number of esters is 1. The lowest BCUT2D eigenvalue weighted by Gasteiger charge is -2.16. The standard InChI is InChI=1S/C11H15NO3/c1-7-3-5-8(6-4-7)9(12)10(13)11(14)15-2/h3-6,9-10,13H,12H2,1-2H3/t9-,10+/m0/s1. The van der Waals surface area contributed by atoms with Crippen molar-refractivity contribution in [3.63, 3.8) is 0 Å². The van der Waals surface area contributed by atoms with Crippen LogP contribution in [-0.2, 0) is 9.53 Å². The van der Waals surface area contributed by atoms with E-state index >= 15 is 0 Å². The second-order valence-corrected chi connectivity index (χ2v) is 3.40. The van der Waals surface area contributed by atoms with Crippen LogP contribution in [0, 0.1) is 6.92 Å². The van der Waals surface area contributed by atoms with Gasteiger partial charge in [-0.25, -0.2) is 4.79 Å². The highest BCUT2D eigenvalue weighted by molar-refractivity contribution is 5.75. The van der Waals surface area contributed by atoms with Gasteiger partial charge in [-0.05, 0) is 12.5 Å². The number of benzene rings is 1. The monoisotopic (exact) mass is 209 g/mol. The summed E-state index contributed by atoms with van der Waals surface area (Å²) in [5, 5.41) is 9.51. The van der Waals surface area contributed by atoms with Crippen LogP contribution < -0.4 is 5.73 Å². The van der Waals surface area contributed by atoms with E-state index in [-0.39, 0.29) is 0 Å². The number of methoxy groups -OCH3 is 1. The summed E-state index contributed by atoms with van der Waals surface area (Å²) in [6.07, 6.45) is -1.32. The van der Waals surface area contributed by atoms with E-state index in [1.165, 1.54) is 7.11 Å².